The molecule has 9 nitrogen and oxygen atoms in total. The maximum absolute atomic E-state index is 12.5. The Labute approximate surface area is 198 Å². The summed E-state index contributed by atoms with van der Waals surface area (Å²) in [4.78, 5) is 35.8. The van der Waals surface area contributed by atoms with Crippen molar-refractivity contribution in [3.05, 3.63) is 59.0 Å². The van der Waals surface area contributed by atoms with E-state index in [1.165, 1.54) is 0 Å². The zero-order chi connectivity index (χ0) is 23.7. The monoisotopic (exact) mass is 460 g/mol. The van der Waals surface area contributed by atoms with E-state index in [4.69, 9.17) is 9.72 Å². The minimum absolute atomic E-state index is 0.0438. The molecule has 2 N–H and O–H groups in total. The van der Waals surface area contributed by atoms with Crippen molar-refractivity contribution in [3.63, 3.8) is 0 Å². The Morgan fingerprint density at radius 2 is 1.88 bits per heavy atom. The molecule has 2 aliphatic rings. The molecule has 5 rings (SSSR count). The first-order valence-electron chi connectivity index (χ1n) is 11.5. The first-order valence-corrected chi connectivity index (χ1v) is 11.5. The molecular weight excluding hydrogens is 432 g/mol. The van der Waals surface area contributed by atoms with Gasteiger partial charge in [0.2, 0.25) is 11.9 Å². The van der Waals surface area contributed by atoms with Crippen molar-refractivity contribution < 1.29 is 14.3 Å². The summed E-state index contributed by atoms with van der Waals surface area (Å²) in [5, 5.41) is 6.16. The van der Waals surface area contributed by atoms with Crippen LogP contribution in [0.1, 0.15) is 27.3 Å². The van der Waals surface area contributed by atoms with Crippen molar-refractivity contribution >= 4 is 23.5 Å². The van der Waals surface area contributed by atoms with Gasteiger partial charge in [0.1, 0.15) is 5.69 Å². The van der Waals surface area contributed by atoms with Gasteiger partial charge in [-0.05, 0) is 43.2 Å². The lowest BCUT2D eigenvalue weighted by atomic mass is 10.1. The third-order valence-electron chi connectivity index (χ3n) is 6.44. The quantitative estimate of drug-likeness (QED) is 0.607. The third kappa shape index (κ3) is 4.26. The van der Waals surface area contributed by atoms with E-state index in [0.717, 1.165) is 40.3 Å². The van der Waals surface area contributed by atoms with Crippen LogP contribution in [0.3, 0.4) is 0 Å². The summed E-state index contributed by atoms with van der Waals surface area (Å²) in [7, 11) is 0. The van der Waals surface area contributed by atoms with Crippen LogP contribution in [0.5, 0.6) is 0 Å². The predicted molar refractivity (Wildman–Crippen MR) is 128 cm³/mol. The number of ether oxygens (including phenoxy) is 1. The van der Waals surface area contributed by atoms with E-state index in [9.17, 15) is 9.59 Å². The van der Waals surface area contributed by atoms with Crippen LogP contribution in [0.2, 0.25) is 0 Å². The highest BCUT2D eigenvalue weighted by Gasteiger charge is 2.26. The van der Waals surface area contributed by atoms with E-state index in [-0.39, 0.29) is 11.8 Å². The molecule has 2 aromatic heterocycles. The summed E-state index contributed by atoms with van der Waals surface area (Å²) in [6, 6.07) is 9.61. The molecule has 0 radical (unpaired) electrons. The molecule has 34 heavy (non-hydrogen) atoms. The molecule has 1 aromatic carbocycles. The van der Waals surface area contributed by atoms with E-state index in [1.807, 2.05) is 49.1 Å². The third-order valence-corrected chi connectivity index (χ3v) is 6.44. The fourth-order valence-corrected chi connectivity index (χ4v) is 4.70. The van der Waals surface area contributed by atoms with Gasteiger partial charge >= 0.3 is 0 Å². The average Bonchev–Trinajstić information content (AvgIpc) is 3.12. The highest BCUT2D eigenvalue weighted by molar-refractivity contribution is 5.97. The van der Waals surface area contributed by atoms with Crippen molar-refractivity contribution in [1.29, 1.82) is 0 Å². The van der Waals surface area contributed by atoms with Crippen LogP contribution in [0.4, 0.5) is 11.6 Å². The highest BCUT2D eigenvalue weighted by atomic mass is 16.5. The number of hydrogen-bond donors (Lipinski definition) is 2. The fourth-order valence-electron chi connectivity index (χ4n) is 4.70. The van der Waals surface area contributed by atoms with Gasteiger partial charge in [-0.15, -0.1) is 0 Å². The van der Waals surface area contributed by atoms with Crippen LogP contribution in [0.25, 0.3) is 11.3 Å². The molecule has 0 aliphatic carbocycles. The Morgan fingerprint density at radius 1 is 1.12 bits per heavy atom. The molecule has 0 spiro atoms. The van der Waals surface area contributed by atoms with Gasteiger partial charge in [-0.25, -0.2) is 9.97 Å². The molecule has 1 saturated heterocycles. The average molecular weight is 461 g/mol. The minimum Gasteiger partial charge on any atom is -0.378 e. The number of rotatable bonds is 5. The van der Waals surface area contributed by atoms with Gasteiger partial charge in [0.05, 0.1) is 25.3 Å². The number of nitrogens with zero attached hydrogens (tertiary/aromatic N) is 4. The highest BCUT2D eigenvalue weighted by Crippen LogP contribution is 2.32. The summed E-state index contributed by atoms with van der Waals surface area (Å²) < 4.78 is 7.38. The summed E-state index contributed by atoms with van der Waals surface area (Å²) in [6.07, 6.45) is 2.09. The van der Waals surface area contributed by atoms with Crippen LogP contribution in [0, 0.1) is 13.8 Å². The summed E-state index contributed by atoms with van der Waals surface area (Å²) in [5.74, 6) is 0.550. The van der Waals surface area contributed by atoms with Gasteiger partial charge in [0, 0.05) is 49.3 Å². The summed E-state index contributed by atoms with van der Waals surface area (Å²) in [6.45, 7) is 7.89. The van der Waals surface area contributed by atoms with Gasteiger partial charge in [0.25, 0.3) is 5.91 Å². The minimum atomic E-state index is -0.0438. The molecular formula is C25H28N6O3. The smallest absolute Gasteiger partial charge is 0.268 e. The Morgan fingerprint density at radius 3 is 2.62 bits per heavy atom. The SMILES string of the molecule is Cc1c(-c2ccnc(Nc3ccc(CC(=O)N4CCOCC4)cc3)n2)c(C)n2c1C(=O)NCC2. The molecule has 0 atom stereocenters. The number of fused-ring (bicyclic) bond motifs is 1. The molecule has 2 amide bonds. The van der Waals surface area contributed by atoms with E-state index in [0.29, 0.717) is 50.9 Å². The molecule has 3 aromatic rings. The zero-order valence-electron chi connectivity index (χ0n) is 19.4. The van der Waals surface area contributed by atoms with Gasteiger partial charge in [-0.1, -0.05) is 12.1 Å². The number of carbonyl (C=O) groups excluding carboxylic acids is 2. The Balaban J connectivity index is 1.31. The lowest BCUT2D eigenvalue weighted by molar-refractivity contribution is -0.134. The van der Waals surface area contributed by atoms with E-state index >= 15 is 0 Å². The van der Waals surface area contributed by atoms with Crippen LogP contribution >= 0.6 is 0 Å². The number of amides is 2. The van der Waals surface area contributed by atoms with Crippen LogP contribution in [-0.2, 0) is 22.5 Å². The summed E-state index contributed by atoms with van der Waals surface area (Å²) in [5.41, 5.74) is 6.19. The van der Waals surface area contributed by atoms with Gasteiger partial charge < -0.3 is 24.8 Å². The van der Waals surface area contributed by atoms with Crippen LogP contribution < -0.4 is 10.6 Å². The van der Waals surface area contributed by atoms with Gasteiger partial charge in [-0.3, -0.25) is 9.59 Å². The molecule has 9 heteroatoms. The van der Waals surface area contributed by atoms with Crippen molar-refractivity contribution in [3.8, 4) is 11.3 Å². The van der Waals surface area contributed by atoms with Crippen molar-refractivity contribution in [1.82, 2.24) is 24.8 Å². The maximum Gasteiger partial charge on any atom is 0.268 e. The maximum atomic E-state index is 12.5. The number of nitrogens with one attached hydrogen (secondary N) is 2. The van der Waals surface area contributed by atoms with Gasteiger partial charge in [0.15, 0.2) is 0 Å². The van der Waals surface area contributed by atoms with Crippen LogP contribution in [-0.4, -0.2) is 64.1 Å². The lowest BCUT2D eigenvalue weighted by Gasteiger charge is -2.26. The first kappa shape index (κ1) is 22.1. The number of morpholine rings is 1. The predicted octanol–water partition coefficient (Wildman–Crippen LogP) is 2.45. The normalized spacial score (nSPS) is 15.6. The Hall–Kier alpha value is -3.72. The standard InChI is InChI=1S/C25H28N6O3/c1-16-22(17(2)31-10-9-26-24(33)23(16)31)20-7-8-27-25(29-20)28-19-5-3-18(4-6-19)15-21(32)30-11-13-34-14-12-30/h3-8H,9-15H2,1-2H3,(H,26,33)(H,27,28,29). The molecule has 2 aliphatic heterocycles. The number of anilines is 2. The lowest BCUT2D eigenvalue weighted by Crippen LogP contribution is -2.41. The fraction of sp³-hybridized carbons (Fsp3) is 0.360. The second-order valence-corrected chi connectivity index (χ2v) is 8.60. The van der Waals surface area contributed by atoms with E-state index in [1.54, 1.807) is 6.20 Å². The Bertz CT molecular complexity index is 1230. The van der Waals surface area contributed by atoms with Crippen molar-refractivity contribution in [2.45, 2.75) is 26.8 Å². The molecule has 0 bridgehead atoms. The molecule has 0 unspecified atom stereocenters. The zero-order valence-corrected chi connectivity index (χ0v) is 19.4. The topological polar surface area (TPSA) is 101 Å². The number of hydrogen-bond acceptors (Lipinski definition) is 6. The molecule has 0 saturated carbocycles. The van der Waals surface area contributed by atoms with Crippen LogP contribution in [0.15, 0.2) is 36.5 Å². The largest absolute Gasteiger partial charge is 0.378 e. The molecule has 4 heterocycles. The van der Waals surface area contributed by atoms with Crippen molar-refractivity contribution in [2.75, 3.05) is 38.2 Å². The molecule has 176 valence electrons. The van der Waals surface area contributed by atoms with E-state index < -0.39 is 0 Å². The van der Waals surface area contributed by atoms with E-state index in [2.05, 4.69) is 20.2 Å². The number of carbonyl (C=O) groups is 2. The second kappa shape index (κ2) is 9.26. The first-order chi connectivity index (χ1) is 16.5. The Kier molecular flexibility index (Phi) is 6.02. The number of benzene rings is 1. The molecule has 1 fully saturated rings. The summed E-state index contributed by atoms with van der Waals surface area (Å²) >= 11 is 0. The second-order valence-electron chi connectivity index (χ2n) is 8.60. The van der Waals surface area contributed by atoms with Crippen molar-refractivity contribution in [2.24, 2.45) is 0 Å². The van der Waals surface area contributed by atoms with Gasteiger partial charge in [-0.2, -0.15) is 0 Å². The number of aromatic nitrogens is 3.